The van der Waals surface area contributed by atoms with E-state index in [4.69, 9.17) is 16.3 Å². The smallest absolute Gasteiger partial charge is 0.449 e. The minimum Gasteiger partial charge on any atom is -0.449 e. The van der Waals surface area contributed by atoms with Gasteiger partial charge in [-0.05, 0) is 35.4 Å². The van der Waals surface area contributed by atoms with E-state index in [9.17, 15) is 26.4 Å². The van der Waals surface area contributed by atoms with Gasteiger partial charge in [0.2, 0.25) is 0 Å². The van der Waals surface area contributed by atoms with E-state index in [1.807, 2.05) is 12.1 Å². The highest BCUT2D eigenvalue weighted by Crippen LogP contribution is 2.31. The number of benzene rings is 2. The van der Waals surface area contributed by atoms with Gasteiger partial charge in [0.1, 0.15) is 5.75 Å². The fourth-order valence-corrected chi connectivity index (χ4v) is 3.39. The summed E-state index contributed by atoms with van der Waals surface area (Å²) in [6.07, 6.45) is 2.53. The Labute approximate surface area is 192 Å². The van der Waals surface area contributed by atoms with Gasteiger partial charge in [-0.15, -0.1) is 0 Å². The monoisotopic (exact) mass is 500 g/mol. The quantitative estimate of drug-likeness (QED) is 0.344. The van der Waals surface area contributed by atoms with Crippen LogP contribution in [-0.2, 0) is 21.3 Å². The fourth-order valence-electron chi connectivity index (χ4n) is 2.70. The highest BCUT2D eigenvalue weighted by atomic mass is 35.5. The van der Waals surface area contributed by atoms with Crippen LogP contribution < -0.4 is 9.50 Å². The normalized spacial score (nSPS) is 11.6. The Morgan fingerprint density at radius 1 is 1.06 bits per heavy atom. The van der Waals surface area contributed by atoms with Crippen molar-refractivity contribution < 1.29 is 35.3 Å². The summed E-state index contributed by atoms with van der Waals surface area (Å²) >= 11 is 6.07. The first-order chi connectivity index (χ1) is 15.6. The van der Waals surface area contributed by atoms with Crippen LogP contribution in [-0.4, -0.2) is 31.6 Å². The third-order valence-electron chi connectivity index (χ3n) is 4.27. The maximum atomic E-state index is 12.5. The van der Waals surface area contributed by atoms with Crippen molar-refractivity contribution in [2.45, 2.75) is 11.9 Å². The summed E-state index contributed by atoms with van der Waals surface area (Å²) in [7, 11) is -5.78. The molecule has 3 rings (SSSR count). The maximum Gasteiger partial charge on any atom is 0.534 e. The zero-order valence-corrected chi connectivity index (χ0v) is 18.2. The molecule has 1 N–H and O–H groups in total. The number of halogens is 4. The van der Waals surface area contributed by atoms with E-state index in [0.29, 0.717) is 28.3 Å². The third-order valence-corrected chi connectivity index (χ3v) is 5.62. The lowest BCUT2D eigenvalue weighted by Crippen LogP contribution is -2.28. The van der Waals surface area contributed by atoms with E-state index < -0.39 is 27.5 Å². The predicted molar refractivity (Wildman–Crippen MR) is 115 cm³/mol. The van der Waals surface area contributed by atoms with Gasteiger partial charge in [-0.2, -0.15) is 21.6 Å². The van der Waals surface area contributed by atoms with Crippen molar-refractivity contribution >= 4 is 33.5 Å². The summed E-state index contributed by atoms with van der Waals surface area (Å²) in [6, 6.07) is 13.4. The van der Waals surface area contributed by atoms with E-state index in [-0.39, 0.29) is 6.61 Å². The third kappa shape index (κ3) is 6.36. The van der Waals surface area contributed by atoms with E-state index in [0.717, 1.165) is 17.7 Å². The number of alkyl halides is 3. The molecule has 0 saturated heterocycles. The molecule has 174 valence electrons. The lowest BCUT2D eigenvalue weighted by Gasteiger charge is -2.13. The minimum atomic E-state index is -5.78. The largest absolute Gasteiger partial charge is 0.534 e. The molecule has 0 spiro atoms. The van der Waals surface area contributed by atoms with Crippen molar-refractivity contribution in [1.82, 2.24) is 4.98 Å². The molecule has 0 aliphatic carbocycles. The SMILES string of the molecule is O=C(Nc1ccncc1-c1ccc(OS(=O)(=O)C(F)(F)F)cc1)OCCc1ccccc1Cl. The highest BCUT2D eigenvalue weighted by molar-refractivity contribution is 7.88. The predicted octanol–water partition coefficient (Wildman–Crippen LogP) is 5.42. The van der Waals surface area contributed by atoms with Crippen molar-refractivity contribution in [3.63, 3.8) is 0 Å². The highest BCUT2D eigenvalue weighted by Gasteiger charge is 2.48. The van der Waals surface area contributed by atoms with E-state index in [1.54, 1.807) is 12.1 Å². The van der Waals surface area contributed by atoms with Gasteiger partial charge in [0.25, 0.3) is 0 Å². The van der Waals surface area contributed by atoms with Crippen LogP contribution in [0.25, 0.3) is 11.1 Å². The molecule has 1 amide bonds. The number of nitrogens with zero attached hydrogens (tertiary/aromatic N) is 1. The molecule has 7 nitrogen and oxygen atoms in total. The summed E-state index contributed by atoms with van der Waals surface area (Å²) in [5.74, 6) is -0.520. The molecule has 1 heterocycles. The van der Waals surface area contributed by atoms with Crippen LogP contribution in [0.1, 0.15) is 5.56 Å². The first-order valence-electron chi connectivity index (χ1n) is 9.29. The number of aromatic nitrogens is 1. The molecular weight excluding hydrogens is 485 g/mol. The van der Waals surface area contributed by atoms with Gasteiger partial charge in [0, 0.05) is 29.4 Å². The first kappa shape index (κ1) is 24.3. The van der Waals surface area contributed by atoms with Gasteiger partial charge < -0.3 is 8.92 Å². The van der Waals surface area contributed by atoms with Crippen molar-refractivity contribution in [2.24, 2.45) is 0 Å². The van der Waals surface area contributed by atoms with Crippen molar-refractivity contribution in [2.75, 3.05) is 11.9 Å². The molecule has 0 saturated carbocycles. The Balaban J connectivity index is 1.66. The minimum absolute atomic E-state index is 0.0791. The van der Waals surface area contributed by atoms with Crippen LogP contribution in [0.3, 0.4) is 0 Å². The molecule has 0 aliphatic heterocycles. The first-order valence-corrected chi connectivity index (χ1v) is 11.1. The van der Waals surface area contributed by atoms with Crippen LogP contribution >= 0.6 is 11.6 Å². The molecule has 3 aromatic rings. The average molecular weight is 501 g/mol. The Morgan fingerprint density at radius 2 is 1.76 bits per heavy atom. The number of rotatable bonds is 7. The number of nitrogens with one attached hydrogen (secondary N) is 1. The van der Waals surface area contributed by atoms with Crippen molar-refractivity contribution in [3.8, 4) is 16.9 Å². The lowest BCUT2D eigenvalue weighted by atomic mass is 10.1. The van der Waals surface area contributed by atoms with Crippen molar-refractivity contribution in [1.29, 1.82) is 0 Å². The summed E-state index contributed by atoms with van der Waals surface area (Å²) in [5, 5.41) is 3.14. The molecule has 1 aromatic heterocycles. The zero-order valence-electron chi connectivity index (χ0n) is 16.7. The lowest BCUT2D eigenvalue weighted by molar-refractivity contribution is -0.0500. The van der Waals surface area contributed by atoms with E-state index in [1.165, 1.54) is 30.6 Å². The van der Waals surface area contributed by atoms with Gasteiger partial charge in [0.05, 0.1) is 12.3 Å². The van der Waals surface area contributed by atoms with Crippen LogP contribution in [0, 0.1) is 0 Å². The number of pyridine rings is 1. The van der Waals surface area contributed by atoms with Gasteiger partial charge in [-0.1, -0.05) is 41.9 Å². The second-order valence-electron chi connectivity index (χ2n) is 6.53. The zero-order chi connectivity index (χ0) is 24.1. The summed E-state index contributed by atoms with van der Waals surface area (Å²) in [4.78, 5) is 16.2. The Kier molecular flexibility index (Phi) is 7.44. The molecule has 2 aromatic carbocycles. The molecule has 33 heavy (non-hydrogen) atoms. The van der Waals surface area contributed by atoms with Crippen LogP contribution in [0.5, 0.6) is 5.75 Å². The Morgan fingerprint density at radius 3 is 2.42 bits per heavy atom. The standard InChI is InChI=1S/C21H16ClF3N2O5S/c22-18-4-2-1-3-15(18)10-12-31-20(28)27-19-9-11-26-13-17(19)14-5-7-16(8-6-14)32-33(29,30)21(23,24)25/h1-9,11,13H,10,12H2,(H,26,27,28). The number of carbonyl (C=O) groups excluding carboxylic acids is 1. The summed E-state index contributed by atoms with van der Waals surface area (Å²) in [6.45, 7) is 0.0791. The molecule has 0 fully saturated rings. The van der Waals surface area contributed by atoms with Gasteiger partial charge >= 0.3 is 21.7 Å². The number of anilines is 1. The van der Waals surface area contributed by atoms with Gasteiger partial charge in [0.15, 0.2) is 0 Å². The Bertz CT molecular complexity index is 1240. The van der Waals surface area contributed by atoms with Crippen LogP contribution in [0.4, 0.5) is 23.7 Å². The fraction of sp³-hybridized carbons (Fsp3) is 0.143. The second kappa shape index (κ2) is 10.1. The number of carbonyl (C=O) groups is 1. The Hall–Kier alpha value is -3.31. The molecule has 0 aliphatic rings. The summed E-state index contributed by atoms with van der Waals surface area (Å²) < 4.78 is 68.9. The topological polar surface area (TPSA) is 94.6 Å². The molecule has 0 radical (unpaired) electrons. The number of hydrogen-bond donors (Lipinski definition) is 1. The average Bonchev–Trinajstić information content (AvgIpc) is 2.75. The van der Waals surface area contributed by atoms with E-state index >= 15 is 0 Å². The number of hydrogen-bond acceptors (Lipinski definition) is 6. The van der Waals surface area contributed by atoms with E-state index in [2.05, 4.69) is 14.5 Å². The van der Waals surface area contributed by atoms with Gasteiger partial charge in [-0.3, -0.25) is 10.3 Å². The maximum absolute atomic E-state index is 12.5. The summed E-state index contributed by atoms with van der Waals surface area (Å²) in [5.41, 5.74) is -3.54. The van der Waals surface area contributed by atoms with Gasteiger partial charge in [-0.25, -0.2) is 4.79 Å². The molecule has 12 heteroatoms. The van der Waals surface area contributed by atoms with Crippen LogP contribution in [0.2, 0.25) is 5.02 Å². The molecular formula is C21H16ClF3N2O5S. The molecule has 0 atom stereocenters. The molecule has 0 bridgehead atoms. The molecule has 0 unspecified atom stereocenters. The number of amides is 1. The second-order valence-corrected chi connectivity index (χ2v) is 8.48. The van der Waals surface area contributed by atoms with Crippen molar-refractivity contribution in [3.05, 3.63) is 77.6 Å². The number of ether oxygens (including phenoxy) is 1. The van der Waals surface area contributed by atoms with Crippen LogP contribution in [0.15, 0.2) is 67.0 Å².